The van der Waals surface area contributed by atoms with Crippen LogP contribution in [0.1, 0.15) is 5.56 Å². The zero-order valence-electron chi connectivity index (χ0n) is 11.1. The first-order chi connectivity index (χ1) is 7.96. The summed E-state index contributed by atoms with van der Waals surface area (Å²) in [5, 5.41) is 1.43. The van der Waals surface area contributed by atoms with Gasteiger partial charge in [0.05, 0.1) is 12.7 Å². The SMILES string of the molecule is C[Si](O[Si](C)(C)C)c1ccccc1CC1CO1. The molecule has 0 aliphatic carbocycles. The Morgan fingerprint density at radius 2 is 2.00 bits per heavy atom. The molecule has 2 nitrogen and oxygen atoms in total. The molecule has 1 aliphatic rings. The third-order valence-corrected chi connectivity index (χ3v) is 7.63. The van der Waals surface area contributed by atoms with Gasteiger partial charge in [0.25, 0.3) is 0 Å². The maximum atomic E-state index is 6.27. The quantitative estimate of drug-likeness (QED) is 0.602. The highest BCUT2D eigenvalue weighted by molar-refractivity contribution is 6.81. The molecule has 1 unspecified atom stereocenters. The van der Waals surface area contributed by atoms with Crippen molar-refractivity contribution in [2.45, 2.75) is 38.7 Å². The lowest BCUT2D eigenvalue weighted by atomic mass is 10.1. The number of rotatable bonds is 5. The minimum absolute atomic E-state index is 0.456. The van der Waals surface area contributed by atoms with Gasteiger partial charge in [-0.3, -0.25) is 0 Å². The van der Waals surface area contributed by atoms with E-state index in [-0.39, 0.29) is 0 Å². The number of epoxide rings is 1. The molecule has 1 fully saturated rings. The van der Waals surface area contributed by atoms with Crippen molar-refractivity contribution in [3.8, 4) is 0 Å². The van der Waals surface area contributed by atoms with Gasteiger partial charge in [-0.1, -0.05) is 24.3 Å². The van der Waals surface area contributed by atoms with Crippen molar-refractivity contribution in [1.82, 2.24) is 0 Å². The topological polar surface area (TPSA) is 21.8 Å². The Kier molecular flexibility index (Phi) is 3.87. The Balaban J connectivity index is 2.12. The van der Waals surface area contributed by atoms with Crippen molar-refractivity contribution in [3.63, 3.8) is 0 Å². The van der Waals surface area contributed by atoms with Crippen molar-refractivity contribution in [3.05, 3.63) is 29.8 Å². The Bertz CT molecular complexity index is 383. The first kappa shape index (κ1) is 13.0. The van der Waals surface area contributed by atoms with Crippen LogP contribution in [0.4, 0.5) is 0 Å². The van der Waals surface area contributed by atoms with E-state index >= 15 is 0 Å². The van der Waals surface area contributed by atoms with Crippen molar-refractivity contribution in [2.24, 2.45) is 0 Å². The van der Waals surface area contributed by atoms with Gasteiger partial charge in [0.15, 0.2) is 8.32 Å². The number of hydrogen-bond acceptors (Lipinski definition) is 2. The summed E-state index contributed by atoms with van der Waals surface area (Å²) in [7, 11) is -2.30. The van der Waals surface area contributed by atoms with E-state index in [4.69, 9.17) is 8.85 Å². The smallest absolute Gasteiger partial charge is 0.231 e. The summed E-state index contributed by atoms with van der Waals surface area (Å²) in [4.78, 5) is 0. The molecule has 93 valence electrons. The van der Waals surface area contributed by atoms with Crippen LogP contribution in [-0.2, 0) is 15.3 Å². The van der Waals surface area contributed by atoms with Crippen LogP contribution in [0.2, 0.25) is 26.2 Å². The molecule has 1 aromatic rings. The summed E-state index contributed by atoms with van der Waals surface area (Å²) in [5.41, 5.74) is 1.42. The second kappa shape index (κ2) is 5.06. The van der Waals surface area contributed by atoms with Crippen LogP contribution >= 0.6 is 0 Å². The molecule has 0 N–H and O–H groups in total. The van der Waals surface area contributed by atoms with Crippen molar-refractivity contribution < 1.29 is 8.85 Å². The predicted octanol–water partition coefficient (Wildman–Crippen LogP) is 2.31. The fourth-order valence-electron chi connectivity index (χ4n) is 1.99. The highest BCUT2D eigenvalue weighted by atomic mass is 28.4. The molecule has 0 amide bonds. The van der Waals surface area contributed by atoms with Gasteiger partial charge < -0.3 is 8.85 Å². The molecule has 1 atom stereocenters. The second-order valence-electron chi connectivity index (χ2n) is 5.59. The maximum absolute atomic E-state index is 6.27. The summed E-state index contributed by atoms with van der Waals surface area (Å²) in [6.07, 6.45) is 1.51. The van der Waals surface area contributed by atoms with Gasteiger partial charge in [0.1, 0.15) is 0 Å². The van der Waals surface area contributed by atoms with Gasteiger partial charge in [0.2, 0.25) is 9.04 Å². The molecule has 0 aromatic heterocycles. The Labute approximate surface area is 107 Å². The lowest BCUT2D eigenvalue weighted by Crippen LogP contribution is -2.42. The van der Waals surface area contributed by atoms with Gasteiger partial charge in [-0.05, 0) is 36.9 Å². The van der Waals surface area contributed by atoms with E-state index in [2.05, 4.69) is 50.5 Å². The van der Waals surface area contributed by atoms with E-state index < -0.39 is 17.4 Å². The Hall–Kier alpha value is -0.426. The number of hydrogen-bond donors (Lipinski definition) is 0. The van der Waals surface area contributed by atoms with Gasteiger partial charge in [0, 0.05) is 6.42 Å². The maximum Gasteiger partial charge on any atom is 0.231 e. The van der Waals surface area contributed by atoms with Gasteiger partial charge in [-0.2, -0.15) is 0 Å². The van der Waals surface area contributed by atoms with Gasteiger partial charge in [-0.25, -0.2) is 0 Å². The highest BCUT2D eigenvalue weighted by Crippen LogP contribution is 2.16. The largest absolute Gasteiger partial charge is 0.453 e. The zero-order chi connectivity index (χ0) is 12.5. The van der Waals surface area contributed by atoms with E-state index in [0.29, 0.717) is 6.10 Å². The Morgan fingerprint density at radius 3 is 2.59 bits per heavy atom. The fraction of sp³-hybridized carbons (Fsp3) is 0.538. The van der Waals surface area contributed by atoms with Crippen LogP contribution in [0, 0.1) is 0 Å². The van der Waals surface area contributed by atoms with Crippen LogP contribution in [-0.4, -0.2) is 30.1 Å². The molecule has 0 spiro atoms. The summed E-state index contributed by atoms with van der Waals surface area (Å²) in [6, 6.07) is 8.68. The second-order valence-corrected chi connectivity index (χ2v) is 12.3. The average molecular weight is 265 g/mol. The van der Waals surface area contributed by atoms with E-state index in [9.17, 15) is 0 Å². The Morgan fingerprint density at radius 1 is 1.35 bits per heavy atom. The van der Waals surface area contributed by atoms with Gasteiger partial charge >= 0.3 is 0 Å². The third kappa shape index (κ3) is 4.06. The van der Waals surface area contributed by atoms with Crippen molar-refractivity contribution in [2.75, 3.05) is 6.61 Å². The highest BCUT2D eigenvalue weighted by Gasteiger charge is 2.27. The molecule has 1 aromatic carbocycles. The standard InChI is InChI=1S/C13H21O2Si2/c1-16(15-17(2,3)4)13-8-6-5-7-11(13)9-12-10-14-12/h5-8,12H,9-10H2,1-4H3. The van der Waals surface area contributed by atoms with E-state index in [1.807, 2.05) is 0 Å². The van der Waals surface area contributed by atoms with Crippen LogP contribution < -0.4 is 5.19 Å². The molecule has 1 aliphatic heterocycles. The first-order valence-electron chi connectivity index (χ1n) is 6.18. The molecule has 1 heterocycles. The molecule has 1 radical (unpaired) electrons. The third-order valence-electron chi connectivity index (χ3n) is 2.71. The zero-order valence-corrected chi connectivity index (χ0v) is 13.1. The van der Waals surface area contributed by atoms with E-state index in [1.165, 1.54) is 10.8 Å². The normalized spacial score (nSPS) is 19.7. The van der Waals surface area contributed by atoms with Gasteiger partial charge in [-0.15, -0.1) is 0 Å². The fourth-order valence-corrected chi connectivity index (χ4v) is 7.07. The summed E-state index contributed by atoms with van der Waals surface area (Å²) < 4.78 is 11.6. The minimum Gasteiger partial charge on any atom is -0.453 e. The summed E-state index contributed by atoms with van der Waals surface area (Å²) in [5.74, 6) is 0. The van der Waals surface area contributed by atoms with Crippen LogP contribution in [0.5, 0.6) is 0 Å². The average Bonchev–Trinajstić information content (AvgIpc) is 3.00. The minimum atomic E-state index is -1.44. The molecule has 2 rings (SSSR count). The number of benzene rings is 1. The monoisotopic (exact) mass is 265 g/mol. The molecule has 0 saturated carbocycles. The van der Waals surface area contributed by atoms with Crippen LogP contribution in [0.3, 0.4) is 0 Å². The molecule has 4 heteroatoms. The van der Waals surface area contributed by atoms with Crippen LogP contribution in [0.25, 0.3) is 0 Å². The van der Waals surface area contributed by atoms with E-state index in [0.717, 1.165) is 13.0 Å². The molecular formula is C13H21O2Si2. The first-order valence-corrected chi connectivity index (χ1v) is 11.5. The lowest BCUT2D eigenvalue weighted by Gasteiger charge is -2.24. The van der Waals surface area contributed by atoms with E-state index in [1.54, 1.807) is 0 Å². The van der Waals surface area contributed by atoms with Crippen molar-refractivity contribution >= 4 is 22.5 Å². The van der Waals surface area contributed by atoms with Crippen molar-refractivity contribution in [1.29, 1.82) is 0 Å². The molecule has 1 saturated heterocycles. The summed E-state index contributed by atoms with van der Waals surface area (Å²) in [6.45, 7) is 9.96. The predicted molar refractivity (Wildman–Crippen MR) is 75.6 cm³/mol. The lowest BCUT2D eigenvalue weighted by molar-refractivity contribution is 0.408. The molecular weight excluding hydrogens is 244 g/mol. The van der Waals surface area contributed by atoms with Crippen LogP contribution in [0.15, 0.2) is 24.3 Å². The molecule has 0 bridgehead atoms. The summed E-state index contributed by atoms with van der Waals surface area (Å²) >= 11 is 0. The number of ether oxygens (including phenoxy) is 1. The molecule has 17 heavy (non-hydrogen) atoms.